The van der Waals surface area contributed by atoms with Crippen molar-refractivity contribution < 1.29 is 4.79 Å². The quantitative estimate of drug-likeness (QED) is 0.597. The molecule has 0 aliphatic rings. The highest BCUT2D eigenvalue weighted by atomic mass is 127. The number of benzene rings is 1. The van der Waals surface area contributed by atoms with Crippen molar-refractivity contribution in [3.8, 4) is 11.8 Å². The Hall–Kier alpha value is -1.52. The van der Waals surface area contributed by atoms with Crippen LogP contribution in [0.15, 0.2) is 30.6 Å². The van der Waals surface area contributed by atoms with Crippen LogP contribution in [0.1, 0.15) is 26.3 Å². The van der Waals surface area contributed by atoms with E-state index in [0.717, 1.165) is 9.13 Å². The number of hydrogen-bond acceptors (Lipinski definition) is 2. The molecule has 2 rings (SSSR count). The first-order valence-electron chi connectivity index (χ1n) is 6.59. The maximum absolute atomic E-state index is 12.5. The number of anilines is 1. The zero-order valence-electron chi connectivity index (χ0n) is 12.4. The Balaban J connectivity index is 2.22. The van der Waals surface area contributed by atoms with Crippen LogP contribution in [-0.2, 0) is 10.3 Å². The highest BCUT2D eigenvalue weighted by molar-refractivity contribution is 14.1. The molecule has 1 amide bonds. The van der Waals surface area contributed by atoms with Gasteiger partial charge in [-0.25, -0.2) is 0 Å². The molecule has 1 aromatic heterocycles. The summed E-state index contributed by atoms with van der Waals surface area (Å²) in [7, 11) is 0. The molecule has 1 heterocycles. The van der Waals surface area contributed by atoms with Crippen molar-refractivity contribution in [1.82, 2.24) is 9.78 Å². The van der Waals surface area contributed by atoms with E-state index in [1.165, 1.54) is 0 Å². The average Bonchev–Trinajstić information content (AvgIpc) is 2.89. The molecule has 0 radical (unpaired) electrons. The Morgan fingerprint density at radius 1 is 1.45 bits per heavy atom. The minimum absolute atomic E-state index is 0.191. The second kappa shape index (κ2) is 6.71. The van der Waals surface area contributed by atoms with Gasteiger partial charge in [-0.15, -0.1) is 5.92 Å². The van der Waals surface area contributed by atoms with Crippen molar-refractivity contribution in [1.29, 1.82) is 0 Å². The molecule has 0 bridgehead atoms. The molecule has 22 heavy (non-hydrogen) atoms. The van der Waals surface area contributed by atoms with E-state index < -0.39 is 5.54 Å². The number of carbonyl (C=O) groups excluding carboxylic acids is 1. The summed E-state index contributed by atoms with van der Waals surface area (Å²) in [5.41, 5.74) is 0.545. The molecule has 1 aromatic carbocycles. The van der Waals surface area contributed by atoms with Crippen molar-refractivity contribution in [3.05, 3.63) is 44.7 Å². The third kappa shape index (κ3) is 3.62. The fourth-order valence-corrected chi connectivity index (χ4v) is 2.44. The van der Waals surface area contributed by atoms with E-state index in [9.17, 15) is 4.79 Å². The van der Waals surface area contributed by atoms with Crippen LogP contribution in [0.3, 0.4) is 0 Å². The summed E-state index contributed by atoms with van der Waals surface area (Å²) in [6, 6.07) is 5.31. The Kier molecular flexibility index (Phi) is 5.14. The number of carbonyl (C=O) groups is 1. The summed E-state index contributed by atoms with van der Waals surface area (Å²) in [6.45, 7) is 5.37. The van der Waals surface area contributed by atoms with Gasteiger partial charge in [0.15, 0.2) is 0 Å². The first-order chi connectivity index (χ1) is 10.3. The number of nitrogens with one attached hydrogen (secondary N) is 1. The van der Waals surface area contributed by atoms with Crippen LogP contribution in [-0.4, -0.2) is 15.7 Å². The molecule has 0 unspecified atom stereocenters. The maximum atomic E-state index is 12.5. The van der Waals surface area contributed by atoms with E-state index in [0.29, 0.717) is 10.7 Å². The van der Waals surface area contributed by atoms with E-state index in [1.807, 2.05) is 12.3 Å². The van der Waals surface area contributed by atoms with Crippen molar-refractivity contribution >= 4 is 45.8 Å². The summed E-state index contributed by atoms with van der Waals surface area (Å²) < 4.78 is 2.61. The van der Waals surface area contributed by atoms with Gasteiger partial charge in [0.2, 0.25) is 0 Å². The van der Waals surface area contributed by atoms with Crippen molar-refractivity contribution in [2.24, 2.45) is 0 Å². The lowest BCUT2D eigenvalue weighted by Gasteiger charge is -2.24. The molecule has 1 N–H and O–H groups in total. The molecular formula is C16H15ClIN3O. The largest absolute Gasteiger partial charge is 0.323 e. The normalized spacial score (nSPS) is 10.8. The van der Waals surface area contributed by atoms with Gasteiger partial charge in [0.25, 0.3) is 5.91 Å². The van der Waals surface area contributed by atoms with Crippen LogP contribution in [0.2, 0.25) is 5.02 Å². The number of aromatic nitrogens is 2. The van der Waals surface area contributed by atoms with E-state index >= 15 is 0 Å². The Labute approximate surface area is 148 Å². The maximum Gasteiger partial charge on any atom is 0.251 e. The van der Waals surface area contributed by atoms with Gasteiger partial charge in [-0.2, -0.15) is 5.10 Å². The van der Waals surface area contributed by atoms with Gasteiger partial charge in [-0.1, -0.05) is 17.5 Å². The molecule has 0 saturated carbocycles. The van der Waals surface area contributed by atoms with Crippen molar-refractivity contribution in [2.75, 3.05) is 5.32 Å². The highest BCUT2D eigenvalue weighted by Gasteiger charge is 2.31. The predicted octanol–water partition coefficient (Wildman–Crippen LogP) is 3.89. The van der Waals surface area contributed by atoms with Crippen LogP contribution >= 0.6 is 34.2 Å². The van der Waals surface area contributed by atoms with E-state index in [-0.39, 0.29) is 5.91 Å². The molecule has 4 nitrogen and oxygen atoms in total. The molecule has 0 aliphatic heterocycles. The van der Waals surface area contributed by atoms with Crippen LogP contribution in [0.4, 0.5) is 5.69 Å². The fraction of sp³-hybridized carbons (Fsp3) is 0.250. The Morgan fingerprint density at radius 2 is 2.18 bits per heavy atom. The number of hydrogen-bond donors (Lipinski definition) is 1. The first-order valence-corrected chi connectivity index (χ1v) is 8.04. The van der Waals surface area contributed by atoms with Crippen molar-refractivity contribution in [3.63, 3.8) is 0 Å². The number of rotatable bonds is 3. The second-order valence-electron chi connectivity index (χ2n) is 5.19. The molecule has 114 valence electrons. The summed E-state index contributed by atoms with van der Waals surface area (Å²) in [6.07, 6.45) is 3.53. The Bertz CT molecular complexity index is 771. The first kappa shape index (κ1) is 16.8. The molecule has 0 fully saturated rings. The molecule has 0 spiro atoms. The molecule has 6 heteroatoms. The van der Waals surface area contributed by atoms with Gasteiger partial charge in [-0.05, 0) is 61.6 Å². The summed E-state index contributed by atoms with van der Waals surface area (Å²) in [5.74, 6) is 5.55. The Morgan fingerprint density at radius 3 is 2.73 bits per heavy atom. The standard InChI is InChI=1S/C16H15ClIN3O/c1-4-5-11-6-7-14(13(17)8-11)20-15(22)16(2,3)21-10-12(18)9-19-21/h6-10H,1-3H3,(H,20,22). The smallest absolute Gasteiger partial charge is 0.251 e. The zero-order valence-corrected chi connectivity index (χ0v) is 15.4. The molecule has 0 saturated heterocycles. The van der Waals surface area contributed by atoms with Gasteiger partial charge >= 0.3 is 0 Å². The summed E-state index contributed by atoms with van der Waals surface area (Å²) >= 11 is 8.36. The third-order valence-electron chi connectivity index (χ3n) is 3.17. The molecule has 2 aromatic rings. The molecule has 0 atom stereocenters. The van der Waals surface area contributed by atoms with Crippen molar-refractivity contribution in [2.45, 2.75) is 26.3 Å². The van der Waals surface area contributed by atoms with Gasteiger partial charge < -0.3 is 5.32 Å². The lowest BCUT2D eigenvalue weighted by molar-refractivity contribution is -0.123. The predicted molar refractivity (Wildman–Crippen MR) is 96.9 cm³/mol. The monoisotopic (exact) mass is 427 g/mol. The number of halogens is 2. The lowest BCUT2D eigenvalue weighted by Crippen LogP contribution is -2.40. The van der Waals surface area contributed by atoms with Gasteiger partial charge in [0.1, 0.15) is 5.54 Å². The van der Waals surface area contributed by atoms with Crippen LogP contribution < -0.4 is 5.32 Å². The zero-order chi connectivity index (χ0) is 16.3. The van der Waals surface area contributed by atoms with Crippen LogP contribution in [0.5, 0.6) is 0 Å². The van der Waals surface area contributed by atoms with Gasteiger partial charge in [-0.3, -0.25) is 9.48 Å². The van der Waals surface area contributed by atoms with E-state index in [2.05, 4.69) is 44.8 Å². The fourth-order valence-electron chi connectivity index (χ4n) is 1.82. The van der Waals surface area contributed by atoms with Crippen LogP contribution in [0, 0.1) is 15.4 Å². The molecule has 0 aliphatic carbocycles. The SMILES string of the molecule is CC#Cc1ccc(NC(=O)C(C)(C)n2cc(I)cn2)c(Cl)c1. The topological polar surface area (TPSA) is 46.9 Å². The van der Waals surface area contributed by atoms with Gasteiger partial charge in [0, 0.05) is 11.8 Å². The number of amides is 1. The summed E-state index contributed by atoms with van der Waals surface area (Å²) in [4.78, 5) is 12.5. The minimum Gasteiger partial charge on any atom is -0.323 e. The average molecular weight is 428 g/mol. The minimum atomic E-state index is -0.825. The number of nitrogens with zero attached hydrogens (tertiary/aromatic N) is 2. The highest BCUT2D eigenvalue weighted by Crippen LogP contribution is 2.25. The summed E-state index contributed by atoms with van der Waals surface area (Å²) in [5, 5.41) is 7.51. The third-order valence-corrected chi connectivity index (χ3v) is 4.04. The molecular weight excluding hydrogens is 413 g/mol. The van der Waals surface area contributed by atoms with Crippen LogP contribution in [0.25, 0.3) is 0 Å². The second-order valence-corrected chi connectivity index (χ2v) is 6.84. The van der Waals surface area contributed by atoms with Gasteiger partial charge in [0.05, 0.1) is 20.5 Å². The lowest BCUT2D eigenvalue weighted by atomic mass is 10.0. The van der Waals surface area contributed by atoms with E-state index in [4.69, 9.17) is 11.6 Å². The van der Waals surface area contributed by atoms with E-state index in [1.54, 1.807) is 43.8 Å².